The van der Waals surface area contributed by atoms with E-state index >= 15 is 0 Å². The number of fused-ring (bicyclic) bond motifs is 1. The van der Waals surface area contributed by atoms with Crippen LogP contribution in [-0.4, -0.2) is 15.3 Å². The van der Waals surface area contributed by atoms with Crippen molar-refractivity contribution in [2.45, 2.75) is 19.1 Å². The van der Waals surface area contributed by atoms with Gasteiger partial charge in [-0.15, -0.1) is 11.3 Å². The van der Waals surface area contributed by atoms with Crippen molar-refractivity contribution >= 4 is 33.8 Å². The van der Waals surface area contributed by atoms with Gasteiger partial charge in [0.25, 0.3) is 5.91 Å². The highest BCUT2D eigenvalue weighted by Crippen LogP contribution is 2.31. The molecule has 0 aliphatic heterocycles. The van der Waals surface area contributed by atoms with Gasteiger partial charge in [-0.2, -0.15) is 13.2 Å². The van der Waals surface area contributed by atoms with Gasteiger partial charge < -0.3 is 5.32 Å². The summed E-state index contributed by atoms with van der Waals surface area (Å²) >= 11 is 7.31. The predicted molar refractivity (Wildman–Crippen MR) is 85.4 cm³/mol. The second-order valence-corrected chi connectivity index (χ2v) is 6.36. The molecule has 1 N–H and O–H groups in total. The maximum Gasteiger partial charge on any atom is 0.416 e. The lowest BCUT2D eigenvalue weighted by molar-refractivity contribution is -0.137. The molecule has 0 spiro atoms. The Hall–Kier alpha value is -2.06. The van der Waals surface area contributed by atoms with E-state index in [1.807, 2.05) is 0 Å². The number of nitrogens with one attached hydrogen (secondary N) is 1. The number of aromatic nitrogens is 2. The van der Waals surface area contributed by atoms with Crippen LogP contribution in [-0.2, 0) is 6.18 Å². The molecule has 0 radical (unpaired) electrons. The standard InChI is InChI=1S/C15H11ClF3N3OS/c1-8(9-3-2-4-10(7-9)15(17,18)19)20-13(23)11-12(16)21-14-22(11)5-6-24-14/h2-8H,1H3,(H,20,23). The van der Waals surface area contributed by atoms with Gasteiger partial charge in [-0.3, -0.25) is 9.20 Å². The molecule has 3 aromatic rings. The molecule has 9 heteroatoms. The predicted octanol–water partition coefficient (Wildman–Crippen LogP) is 4.56. The Bertz CT molecular complexity index is 903. The van der Waals surface area contributed by atoms with Crippen LogP contribution in [0.1, 0.15) is 34.6 Å². The quantitative estimate of drug-likeness (QED) is 0.731. The van der Waals surface area contributed by atoms with Crippen LogP contribution in [0, 0.1) is 0 Å². The van der Waals surface area contributed by atoms with Gasteiger partial charge in [-0.1, -0.05) is 23.7 Å². The molecule has 1 amide bonds. The van der Waals surface area contributed by atoms with Crippen molar-refractivity contribution in [3.63, 3.8) is 0 Å². The third-order valence-corrected chi connectivity index (χ3v) is 4.52. The number of halogens is 4. The van der Waals surface area contributed by atoms with Gasteiger partial charge in [0.15, 0.2) is 15.8 Å². The van der Waals surface area contributed by atoms with Crippen LogP contribution in [0.25, 0.3) is 4.96 Å². The Morgan fingerprint density at radius 3 is 2.88 bits per heavy atom. The second kappa shape index (κ2) is 6.10. The number of hydrogen-bond donors (Lipinski definition) is 1. The summed E-state index contributed by atoms with van der Waals surface area (Å²) < 4.78 is 39.9. The first-order valence-corrected chi connectivity index (χ1v) is 8.12. The summed E-state index contributed by atoms with van der Waals surface area (Å²) in [5.74, 6) is -0.504. The molecule has 4 nitrogen and oxygen atoms in total. The lowest BCUT2D eigenvalue weighted by Gasteiger charge is -2.16. The third-order valence-electron chi connectivity index (χ3n) is 3.50. The fraction of sp³-hybridized carbons (Fsp3) is 0.200. The van der Waals surface area contributed by atoms with E-state index < -0.39 is 23.7 Å². The average Bonchev–Trinajstić information content (AvgIpc) is 3.06. The van der Waals surface area contributed by atoms with Crippen molar-refractivity contribution in [2.24, 2.45) is 0 Å². The molecular formula is C15H11ClF3N3OS. The maximum atomic E-state index is 12.8. The van der Waals surface area contributed by atoms with E-state index in [9.17, 15) is 18.0 Å². The van der Waals surface area contributed by atoms with E-state index in [0.717, 1.165) is 12.1 Å². The van der Waals surface area contributed by atoms with Crippen molar-refractivity contribution in [3.05, 3.63) is 57.8 Å². The zero-order valence-electron chi connectivity index (χ0n) is 12.3. The zero-order chi connectivity index (χ0) is 17.5. The van der Waals surface area contributed by atoms with Crippen LogP contribution in [0.4, 0.5) is 13.2 Å². The van der Waals surface area contributed by atoms with Crippen LogP contribution in [0.2, 0.25) is 5.15 Å². The smallest absolute Gasteiger partial charge is 0.344 e. The third kappa shape index (κ3) is 3.11. The van der Waals surface area contributed by atoms with Gasteiger partial charge in [0.2, 0.25) is 0 Å². The Balaban J connectivity index is 1.84. The molecule has 24 heavy (non-hydrogen) atoms. The molecule has 3 rings (SSSR count). The summed E-state index contributed by atoms with van der Waals surface area (Å²) in [6.45, 7) is 1.60. The molecule has 2 aromatic heterocycles. The number of imidazole rings is 1. The molecular weight excluding hydrogens is 363 g/mol. The Morgan fingerprint density at radius 1 is 1.42 bits per heavy atom. The molecule has 2 heterocycles. The van der Waals surface area contributed by atoms with Crippen molar-refractivity contribution in [2.75, 3.05) is 0 Å². The number of carbonyl (C=O) groups excluding carboxylic acids is 1. The number of rotatable bonds is 3. The van der Waals surface area contributed by atoms with Gasteiger partial charge in [0, 0.05) is 11.6 Å². The van der Waals surface area contributed by atoms with E-state index in [-0.39, 0.29) is 10.8 Å². The highest BCUT2D eigenvalue weighted by molar-refractivity contribution is 7.15. The molecule has 0 aliphatic rings. The SMILES string of the molecule is CC(NC(=O)c1c(Cl)nc2sccn12)c1cccc(C(F)(F)F)c1. The van der Waals surface area contributed by atoms with Crippen molar-refractivity contribution in [1.29, 1.82) is 0 Å². The van der Waals surface area contributed by atoms with E-state index in [2.05, 4.69) is 10.3 Å². The normalized spacial score (nSPS) is 13.2. The Morgan fingerprint density at radius 2 is 2.17 bits per heavy atom. The molecule has 1 aromatic carbocycles. The van der Waals surface area contributed by atoms with Crippen LogP contribution in [0.3, 0.4) is 0 Å². The first-order chi connectivity index (χ1) is 11.3. The number of carbonyl (C=O) groups is 1. The minimum absolute atomic E-state index is 0.0515. The highest BCUT2D eigenvalue weighted by atomic mass is 35.5. The van der Waals surface area contributed by atoms with Crippen LogP contribution >= 0.6 is 22.9 Å². The Kier molecular flexibility index (Phi) is 4.27. The van der Waals surface area contributed by atoms with Crippen molar-refractivity contribution in [3.8, 4) is 0 Å². The molecule has 1 atom stereocenters. The summed E-state index contributed by atoms with van der Waals surface area (Å²) in [5, 5.41) is 4.46. The molecule has 0 bridgehead atoms. The maximum absolute atomic E-state index is 12.8. The van der Waals surface area contributed by atoms with Gasteiger partial charge in [-0.05, 0) is 24.6 Å². The lowest BCUT2D eigenvalue weighted by Crippen LogP contribution is -2.28. The van der Waals surface area contributed by atoms with Gasteiger partial charge in [0.05, 0.1) is 11.6 Å². The van der Waals surface area contributed by atoms with Crippen LogP contribution in [0.5, 0.6) is 0 Å². The van der Waals surface area contributed by atoms with Crippen LogP contribution < -0.4 is 5.32 Å². The van der Waals surface area contributed by atoms with Gasteiger partial charge >= 0.3 is 6.18 Å². The minimum atomic E-state index is -4.43. The topological polar surface area (TPSA) is 46.4 Å². The van der Waals surface area contributed by atoms with Crippen molar-refractivity contribution in [1.82, 2.24) is 14.7 Å². The lowest BCUT2D eigenvalue weighted by atomic mass is 10.0. The van der Waals surface area contributed by atoms with E-state index in [0.29, 0.717) is 10.5 Å². The first kappa shape index (κ1) is 16.8. The zero-order valence-corrected chi connectivity index (χ0v) is 13.8. The summed E-state index contributed by atoms with van der Waals surface area (Å²) in [4.78, 5) is 17.1. The van der Waals surface area contributed by atoms with E-state index in [4.69, 9.17) is 11.6 Å². The summed E-state index contributed by atoms with van der Waals surface area (Å²) in [5.41, 5.74) is -0.254. The summed E-state index contributed by atoms with van der Waals surface area (Å²) in [6.07, 6.45) is -2.78. The number of nitrogens with zero attached hydrogens (tertiary/aromatic N) is 2. The molecule has 0 fully saturated rings. The number of alkyl halides is 3. The fourth-order valence-electron chi connectivity index (χ4n) is 2.30. The molecule has 126 valence electrons. The molecule has 0 aliphatic carbocycles. The van der Waals surface area contributed by atoms with Crippen LogP contribution in [0.15, 0.2) is 35.8 Å². The highest BCUT2D eigenvalue weighted by Gasteiger charge is 2.31. The fourth-order valence-corrected chi connectivity index (χ4v) is 3.32. The molecule has 1 unspecified atom stereocenters. The average molecular weight is 374 g/mol. The van der Waals surface area contributed by atoms with Crippen molar-refractivity contribution < 1.29 is 18.0 Å². The number of amides is 1. The summed E-state index contributed by atoms with van der Waals surface area (Å²) in [6, 6.07) is 4.21. The molecule has 0 saturated carbocycles. The minimum Gasteiger partial charge on any atom is -0.344 e. The van der Waals surface area contributed by atoms with Gasteiger partial charge in [0.1, 0.15) is 0 Å². The number of thiazole rings is 1. The van der Waals surface area contributed by atoms with E-state index in [1.165, 1.54) is 23.5 Å². The number of hydrogen-bond acceptors (Lipinski definition) is 3. The Labute approximate surface area is 143 Å². The number of benzene rings is 1. The van der Waals surface area contributed by atoms with Gasteiger partial charge in [-0.25, -0.2) is 4.98 Å². The summed E-state index contributed by atoms with van der Waals surface area (Å²) in [7, 11) is 0. The second-order valence-electron chi connectivity index (χ2n) is 5.13. The van der Waals surface area contributed by atoms with E-state index in [1.54, 1.807) is 22.9 Å². The first-order valence-electron chi connectivity index (χ1n) is 6.86. The molecule has 0 saturated heterocycles. The monoisotopic (exact) mass is 373 g/mol. The largest absolute Gasteiger partial charge is 0.416 e.